The fourth-order valence-corrected chi connectivity index (χ4v) is 1.92. The van der Waals surface area contributed by atoms with Gasteiger partial charge in [0.15, 0.2) is 0 Å². The number of nitriles is 1. The van der Waals surface area contributed by atoms with Crippen molar-refractivity contribution in [3.05, 3.63) is 70.8 Å². The van der Waals surface area contributed by atoms with Crippen molar-refractivity contribution in [3.63, 3.8) is 0 Å². The number of rotatable bonds is 5. The van der Waals surface area contributed by atoms with Gasteiger partial charge in [0.2, 0.25) is 0 Å². The van der Waals surface area contributed by atoms with E-state index in [0.717, 1.165) is 6.07 Å². The molecule has 3 nitrogen and oxygen atoms in total. The number of hydrogen-bond acceptors (Lipinski definition) is 3. The number of carbonyl (C=O) groups is 1. The van der Waals surface area contributed by atoms with Crippen LogP contribution >= 0.6 is 0 Å². The Labute approximate surface area is 126 Å². The third-order valence-corrected chi connectivity index (χ3v) is 3.07. The smallest absolute Gasteiger partial charge is 0.306 e. The van der Waals surface area contributed by atoms with Crippen LogP contribution in [0.3, 0.4) is 0 Å². The molecule has 0 radical (unpaired) electrons. The van der Waals surface area contributed by atoms with E-state index in [-0.39, 0.29) is 24.4 Å². The van der Waals surface area contributed by atoms with E-state index >= 15 is 0 Å². The summed E-state index contributed by atoms with van der Waals surface area (Å²) in [6, 6.07) is 11.7. The zero-order valence-electron chi connectivity index (χ0n) is 11.7. The highest BCUT2D eigenvalue weighted by Crippen LogP contribution is 2.12. The first-order valence-electron chi connectivity index (χ1n) is 6.67. The van der Waals surface area contributed by atoms with Crippen molar-refractivity contribution in [2.75, 3.05) is 0 Å². The highest BCUT2D eigenvalue weighted by Gasteiger charge is 2.08. The molecule has 2 rings (SSSR count). The quantitative estimate of drug-likeness (QED) is 0.794. The largest absolute Gasteiger partial charge is 0.461 e. The fraction of sp³-hybridized carbons (Fsp3) is 0.176. The lowest BCUT2D eigenvalue weighted by molar-refractivity contribution is -0.144. The van der Waals surface area contributed by atoms with Crippen LogP contribution in [0.1, 0.15) is 23.1 Å². The van der Waals surface area contributed by atoms with Gasteiger partial charge in [-0.05, 0) is 42.3 Å². The van der Waals surface area contributed by atoms with Crippen molar-refractivity contribution in [2.24, 2.45) is 0 Å². The monoisotopic (exact) mass is 301 g/mol. The van der Waals surface area contributed by atoms with Gasteiger partial charge in [0.1, 0.15) is 18.2 Å². The van der Waals surface area contributed by atoms with Crippen LogP contribution in [0.5, 0.6) is 0 Å². The normalized spacial score (nSPS) is 10.0. The summed E-state index contributed by atoms with van der Waals surface area (Å²) in [6.45, 7) is -0.233. The number of halogens is 2. The zero-order chi connectivity index (χ0) is 15.9. The van der Waals surface area contributed by atoms with Crippen LogP contribution < -0.4 is 0 Å². The summed E-state index contributed by atoms with van der Waals surface area (Å²) in [5, 5.41) is 8.75. The molecule has 0 aromatic heterocycles. The Balaban J connectivity index is 1.87. The van der Waals surface area contributed by atoms with Gasteiger partial charge in [0.25, 0.3) is 0 Å². The molecule has 0 spiro atoms. The Morgan fingerprint density at radius 1 is 1.18 bits per heavy atom. The van der Waals surface area contributed by atoms with E-state index < -0.39 is 11.8 Å². The summed E-state index contributed by atoms with van der Waals surface area (Å²) < 4.78 is 31.5. The zero-order valence-corrected chi connectivity index (χ0v) is 11.7. The summed E-state index contributed by atoms with van der Waals surface area (Å²) in [5.74, 6) is -1.40. The Kier molecular flexibility index (Phi) is 5.21. The first kappa shape index (κ1) is 15.6. The molecule has 0 saturated carbocycles. The standard InChI is InChI=1S/C17H13F2NO2/c18-15-3-1-2-12(9-15)5-7-17(21)22-11-14-8-13(10-20)4-6-16(14)19/h1-4,6,8-9H,5,7,11H2. The molecule has 0 unspecified atom stereocenters. The molecule has 0 saturated heterocycles. The van der Waals surface area contributed by atoms with Crippen LogP contribution in [0, 0.1) is 23.0 Å². The minimum atomic E-state index is -0.531. The van der Waals surface area contributed by atoms with Crippen LogP contribution in [0.2, 0.25) is 0 Å². The summed E-state index contributed by atoms with van der Waals surface area (Å²) in [4.78, 5) is 11.6. The van der Waals surface area contributed by atoms with E-state index in [1.807, 2.05) is 6.07 Å². The van der Waals surface area contributed by atoms with E-state index in [1.165, 1.54) is 24.3 Å². The predicted octanol–water partition coefficient (Wildman–Crippen LogP) is 3.51. The van der Waals surface area contributed by atoms with Crippen LogP contribution in [-0.4, -0.2) is 5.97 Å². The van der Waals surface area contributed by atoms with E-state index in [9.17, 15) is 13.6 Å². The van der Waals surface area contributed by atoms with Gasteiger partial charge in [0.05, 0.1) is 11.6 Å². The van der Waals surface area contributed by atoms with Crippen molar-refractivity contribution in [1.29, 1.82) is 5.26 Å². The van der Waals surface area contributed by atoms with E-state index in [2.05, 4.69) is 0 Å². The molecule has 0 atom stereocenters. The molecule has 2 aromatic rings. The highest BCUT2D eigenvalue weighted by molar-refractivity contribution is 5.69. The maximum absolute atomic E-state index is 13.5. The molecule has 0 heterocycles. The summed E-state index contributed by atoms with van der Waals surface area (Å²) in [5.41, 5.74) is 1.14. The maximum Gasteiger partial charge on any atom is 0.306 e. The number of benzene rings is 2. The van der Waals surface area contributed by atoms with Crippen molar-refractivity contribution in [2.45, 2.75) is 19.4 Å². The average Bonchev–Trinajstić information content (AvgIpc) is 2.52. The number of aryl methyl sites for hydroxylation is 1. The first-order valence-corrected chi connectivity index (χ1v) is 6.67. The Morgan fingerprint density at radius 3 is 2.73 bits per heavy atom. The van der Waals surface area contributed by atoms with Crippen molar-refractivity contribution in [1.82, 2.24) is 0 Å². The average molecular weight is 301 g/mol. The molecule has 0 aliphatic heterocycles. The van der Waals surface area contributed by atoms with Gasteiger partial charge in [-0.25, -0.2) is 8.78 Å². The Hall–Kier alpha value is -2.74. The number of esters is 1. The van der Waals surface area contributed by atoms with E-state index in [1.54, 1.807) is 12.1 Å². The van der Waals surface area contributed by atoms with Gasteiger partial charge < -0.3 is 4.74 Å². The van der Waals surface area contributed by atoms with Crippen molar-refractivity contribution < 1.29 is 18.3 Å². The summed E-state index contributed by atoms with van der Waals surface area (Å²) in [7, 11) is 0. The predicted molar refractivity (Wildman–Crippen MR) is 75.6 cm³/mol. The van der Waals surface area contributed by atoms with Gasteiger partial charge in [-0.3, -0.25) is 4.79 Å². The minimum Gasteiger partial charge on any atom is -0.461 e. The maximum atomic E-state index is 13.5. The van der Waals surface area contributed by atoms with Crippen LogP contribution in [0.15, 0.2) is 42.5 Å². The lowest BCUT2D eigenvalue weighted by Gasteiger charge is -2.06. The van der Waals surface area contributed by atoms with Gasteiger partial charge >= 0.3 is 5.97 Å². The van der Waals surface area contributed by atoms with E-state index in [0.29, 0.717) is 17.5 Å². The molecular weight excluding hydrogens is 288 g/mol. The molecule has 0 N–H and O–H groups in total. The summed E-state index contributed by atoms with van der Waals surface area (Å²) in [6.07, 6.45) is 0.417. The number of hydrogen-bond donors (Lipinski definition) is 0. The topological polar surface area (TPSA) is 50.1 Å². The number of carbonyl (C=O) groups excluding carboxylic acids is 1. The lowest BCUT2D eigenvalue weighted by atomic mass is 10.1. The molecule has 2 aromatic carbocycles. The fourth-order valence-electron chi connectivity index (χ4n) is 1.92. The molecule has 22 heavy (non-hydrogen) atoms. The van der Waals surface area contributed by atoms with Crippen LogP contribution in [0.25, 0.3) is 0 Å². The van der Waals surface area contributed by atoms with Crippen molar-refractivity contribution in [3.8, 4) is 6.07 Å². The van der Waals surface area contributed by atoms with Gasteiger partial charge in [-0.2, -0.15) is 5.26 Å². The molecular formula is C17H13F2NO2. The highest BCUT2D eigenvalue weighted by atomic mass is 19.1. The molecule has 5 heteroatoms. The number of ether oxygens (including phenoxy) is 1. The van der Waals surface area contributed by atoms with Crippen LogP contribution in [0.4, 0.5) is 8.78 Å². The second-order valence-corrected chi connectivity index (χ2v) is 4.71. The summed E-state index contributed by atoms with van der Waals surface area (Å²) >= 11 is 0. The first-order chi connectivity index (χ1) is 10.6. The Morgan fingerprint density at radius 2 is 2.00 bits per heavy atom. The third-order valence-electron chi connectivity index (χ3n) is 3.07. The molecule has 0 amide bonds. The molecule has 0 bridgehead atoms. The Bertz CT molecular complexity index is 723. The SMILES string of the molecule is N#Cc1ccc(F)c(COC(=O)CCc2cccc(F)c2)c1. The van der Waals surface area contributed by atoms with Gasteiger partial charge in [-0.1, -0.05) is 12.1 Å². The second-order valence-electron chi connectivity index (χ2n) is 4.71. The second kappa shape index (κ2) is 7.32. The minimum absolute atomic E-state index is 0.0724. The molecule has 0 aliphatic carbocycles. The molecule has 0 fully saturated rings. The lowest BCUT2D eigenvalue weighted by Crippen LogP contribution is -2.07. The van der Waals surface area contributed by atoms with E-state index in [4.69, 9.17) is 10.00 Å². The van der Waals surface area contributed by atoms with Gasteiger partial charge in [0, 0.05) is 12.0 Å². The van der Waals surface area contributed by atoms with Crippen LogP contribution in [-0.2, 0) is 22.6 Å². The number of nitrogens with zero attached hydrogens (tertiary/aromatic N) is 1. The molecule has 0 aliphatic rings. The molecule has 112 valence electrons. The van der Waals surface area contributed by atoms with Gasteiger partial charge in [-0.15, -0.1) is 0 Å². The van der Waals surface area contributed by atoms with Crippen molar-refractivity contribution >= 4 is 5.97 Å². The third kappa shape index (κ3) is 4.38.